The lowest BCUT2D eigenvalue weighted by atomic mass is 9.98. The fraction of sp³-hybridized carbons (Fsp3) is 0.467. The number of aryl methyl sites for hydroxylation is 1. The smallest absolute Gasteiger partial charge is 0.246 e. The number of nitrogens with two attached hydrogens (primary N) is 1. The van der Waals surface area contributed by atoms with Crippen molar-refractivity contribution in [1.82, 2.24) is 10.1 Å². The van der Waals surface area contributed by atoms with E-state index in [0.29, 0.717) is 18.1 Å². The van der Waals surface area contributed by atoms with Gasteiger partial charge in [-0.3, -0.25) is 0 Å². The maximum absolute atomic E-state index is 6.18. The predicted octanol–water partition coefficient (Wildman–Crippen LogP) is 2.94. The molecule has 1 unspecified atom stereocenters. The van der Waals surface area contributed by atoms with Crippen LogP contribution in [0.3, 0.4) is 0 Å². The minimum atomic E-state index is -0.535. The lowest BCUT2D eigenvalue weighted by molar-refractivity contribution is 0.282. The van der Waals surface area contributed by atoms with Crippen molar-refractivity contribution < 1.29 is 4.52 Å². The highest BCUT2D eigenvalue weighted by Gasteiger charge is 2.27. The molecule has 0 radical (unpaired) electrons. The summed E-state index contributed by atoms with van der Waals surface area (Å²) < 4.78 is 5.30. The van der Waals surface area contributed by atoms with Gasteiger partial charge < -0.3 is 10.3 Å². The molecule has 19 heavy (non-hydrogen) atoms. The van der Waals surface area contributed by atoms with Crippen molar-refractivity contribution in [1.29, 1.82) is 0 Å². The Hall–Kier alpha value is -1.68. The maximum atomic E-state index is 6.18. The van der Waals surface area contributed by atoms with Gasteiger partial charge in [0, 0.05) is 6.42 Å². The van der Waals surface area contributed by atoms with Crippen molar-refractivity contribution in [2.75, 3.05) is 0 Å². The third-order valence-electron chi connectivity index (χ3n) is 3.17. The van der Waals surface area contributed by atoms with Crippen molar-refractivity contribution in [3.05, 3.63) is 47.1 Å². The van der Waals surface area contributed by atoms with Crippen LogP contribution in [0.25, 0.3) is 0 Å². The molecule has 0 fully saturated rings. The number of benzene rings is 1. The van der Waals surface area contributed by atoms with Gasteiger partial charge in [-0.25, -0.2) is 0 Å². The van der Waals surface area contributed by atoms with Crippen molar-refractivity contribution in [2.45, 2.75) is 45.6 Å². The van der Waals surface area contributed by atoms with Crippen LogP contribution >= 0.6 is 0 Å². The second-order valence-electron chi connectivity index (χ2n) is 5.35. The number of aromatic nitrogens is 2. The summed E-state index contributed by atoms with van der Waals surface area (Å²) in [5.74, 6) is 1.21. The molecule has 2 rings (SSSR count). The molecule has 1 aromatic heterocycles. The largest absolute Gasteiger partial charge is 0.337 e. The number of rotatable bonds is 5. The summed E-state index contributed by atoms with van der Waals surface area (Å²) in [6.45, 7) is 6.10. The third-order valence-corrected chi connectivity index (χ3v) is 3.17. The van der Waals surface area contributed by atoms with E-state index in [0.717, 1.165) is 12.8 Å². The molecule has 0 saturated heterocycles. The van der Waals surface area contributed by atoms with Crippen molar-refractivity contribution in [3.8, 4) is 0 Å². The Morgan fingerprint density at radius 3 is 2.84 bits per heavy atom. The zero-order valence-corrected chi connectivity index (χ0v) is 11.8. The van der Waals surface area contributed by atoms with Gasteiger partial charge in [0.15, 0.2) is 5.82 Å². The summed E-state index contributed by atoms with van der Waals surface area (Å²) in [4.78, 5) is 4.42. The lowest BCUT2D eigenvalue weighted by Crippen LogP contribution is -2.33. The molecule has 0 saturated carbocycles. The summed E-state index contributed by atoms with van der Waals surface area (Å²) in [5.41, 5.74) is 8.06. The summed E-state index contributed by atoms with van der Waals surface area (Å²) >= 11 is 0. The summed E-state index contributed by atoms with van der Waals surface area (Å²) in [5, 5.41) is 4.02. The Morgan fingerprint density at radius 2 is 2.16 bits per heavy atom. The van der Waals surface area contributed by atoms with Crippen LogP contribution < -0.4 is 5.73 Å². The zero-order valence-electron chi connectivity index (χ0n) is 11.8. The average molecular weight is 259 g/mol. The van der Waals surface area contributed by atoms with E-state index in [1.54, 1.807) is 0 Å². The fourth-order valence-corrected chi connectivity index (χ4v) is 2.19. The van der Waals surface area contributed by atoms with E-state index < -0.39 is 5.54 Å². The monoisotopic (exact) mass is 259 g/mol. The Balaban J connectivity index is 2.13. The van der Waals surface area contributed by atoms with Crippen LogP contribution in [0.4, 0.5) is 0 Å². The highest BCUT2D eigenvalue weighted by molar-refractivity contribution is 5.24. The molecule has 2 aromatic rings. The standard InChI is InChI=1S/C15H21N3O/c1-4-8-15(3,16)14-17-13(18-19-14)10-12-7-5-6-11(2)9-12/h5-7,9H,4,8,10,16H2,1-3H3. The molecule has 0 aliphatic heterocycles. The first kappa shape index (κ1) is 13.7. The van der Waals surface area contributed by atoms with E-state index >= 15 is 0 Å². The zero-order chi connectivity index (χ0) is 13.9. The molecule has 1 heterocycles. The Bertz CT molecular complexity index is 546. The van der Waals surface area contributed by atoms with E-state index in [4.69, 9.17) is 10.3 Å². The first-order chi connectivity index (χ1) is 9.01. The van der Waals surface area contributed by atoms with Gasteiger partial charge in [-0.15, -0.1) is 0 Å². The Morgan fingerprint density at radius 1 is 1.37 bits per heavy atom. The van der Waals surface area contributed by atoms with Gasteiger partial charge in [0.2, 0.25) is 5.89 Å². The SMILES string of the molecule is CCCC(C)(N)c1nc(Cc2cccc(C)c2)no1. The lowest BCUT2D eigenvalue weighted by Gasteiger charge is -2.18. The highest BCUT2D eigenvalue weighted by atomic mass is 16.5. The molecule has 4 nitrogen and oxygen atoms in total. The van der Waals surface area contributed by atoms with Crippen LogP contribution in [-0.2, 0) is 12.0 Å². The van der Waals surface area contributed by atoms with E-state index in [1.165, 1.54) is 11.1 Å². The van der Waals surface area contributed by atoms with E-state index in [2.05, 4.69) is 42.2 Å². The molecule has 1 atom stereocenters. The number of hydrogen-bond donors (Lipinski definition) is 1. The second-order valence-corrected chi connectivity index (χ2v) is 5.35. The molecule has 4 heteroatoms. The summed E-state index contributed by atoms with van der Waals surface area (Å²) in [7, 11) is 0. The fourth-order valence-electron chi connectivity index (χ4n) is 2.19. The van der Waals surface area contributed by atoms with Gasteiger partial charge in [0.25, 0.3) is 0 Å². The predicted molar refractivity (Wildman–Crippen MR) is 74.7 cm³/mol. The van der Waals surface area contributed by atoms with Crippen molar-refractivity contribution in [2.24, 2.45) is 5.73 Å². The molecule has 0 amide bonds. The molecular weight excluding hydrogens is 238 g/mol. The normalized spacial score (nSPS) is 14.3. The Kier molecular flexibility index (Phi) is 4.00. The van der Waals surface area contributed by atoms with Gasteiger partial charge in [-0.05, 0) is 25.8 Å². The van der Waals surface area contributed by atoms with Crippen LogP contribution in [-0.4, -0.2) is 10.1 Å². The first-order valence-electron chi connectivity index (χ1n) is 6.69. The van der Waals surface area contributed by atoms with Crippen LogP contribution in [0, 0.1) is 6.92 Å². The minimum Gasteiger partial charge on any atom is -0.337 e. The molecule has 0 spiro atoms. The molecule has 2 N–H and O–H groups in total. The van der Waals surface area contributed by atoms with E-state index in [9.17, 15) is 0 Å². The van der Waals surface area contributed by atoms with Gasteiger partial charge in [0.05, 0.1) is 5.54 Å². The van der Waals surface area contributed by atoms with Crippen LogP contribution in [0.2, 0.25) is 0 Å². The second kappa shape index (κ2) is 5.53. The van der Waals surface area contributed by atoms with Crippen molar-refractivity contribution >= 4 is 0 Å². The molecule has 1 aromatic carbocycles. The number of hydrogen-bond acceptors (Lipinski definition) is 4. The summed E-state index contributed by atoms with van der Waals surface area (Å²) in [6, 6.07) is 8.31. The number of nitrogens with zero attached hydrogens (tertiary/aromatic N) is 2. The van der Waals surface area contributed by atoms with Crippen LogP contribution in [0.1, 0.15) is 49.5 Å². The molecule has 102 valence electrons. The van der Waals surface area contributed by atoms with E-state index in [-0.39, 0.29) is 0 Å². The van der Waals surface area contributed by atoms with Gasteiger partial charge in [-0.1, -0.05) is 48.3 Å². The van der Waals surface area contributed by atoms with Gasteiger partial charge in [-0.2, -0.15) is 4.98 Å². The molecule has 0 aliphatic rings. The first-order valence-corrected chi connectivity index (χ1v) is 6.69. The quantitative estimate of drug-likeness (QED) is 0.896. The topological polar surface area (TPSA) is 64.9 Å². The molecular formula is C15H21N3O. The van der Waals surface area contributed by atoms with Gasteiger partial charge >= 0.3 is 0 Å². The van der Waals surface area contributed by atoms with Crippen LogP contribution in [0.15, 0.2) is 28.8 Å². The molecule has 0 bridgehead atoms. The Labute approximate surface area is 114 Å². The van der Waals surface area contributed by atoms with Crippen molar-refractivity contribution in [3.63, 3.8) is 0 Å². The molecule has 0 aliphatic carbocycles. The van der Waals surface area contributed by atoms with Gasteiger partial charge in [0.1, 0.15) is 0 Å². The summed E-state index contributed by atoms with van der Waals surface area (Å²) in [6.07, 6.45) is 2.50. The third kappa shape index (κ3) is 3.41. The minimum absolute atomic E-state index is 0.525. The van der Waals surface area contributed by atoms with Crippen LogP contribution in [0.5, 0.6) is 0 Å². The highest BCUT2D eigenvalue weighted by Crippen LogP contribution is 2.21. The van der Waals surface area contributed by atoms with E-state index in [1.807, 2.05) is 13.0 Å². The average Bonchev–Trinajstić information content (AvgIpc) is 2.78. The maximum Gasteiger partial charge on any atom is 0.246 e.